The van der Waals surface area contributed by atoms with Crippen molar-refractivity contribution < 1.29 is 18.9 Å². The van der Waals surface area contributed by atoms with Gasteiger partial charge < -0.3 is 18.9 Å². The van der Waals surface area contributed by atoms with Crippen molar-refractivity contribution >= 4 is 0 Å². The molecule has 0 unspecified atom stereocenters. The molecule has 4 heteroatoms. The summed E-state index contributed by atoms with van der Waals surface area (Å²) in [5, 5.41) is 0. The number of hydrogen-bond acceptors (Lipinski definition) is 4. The Labute approximate surface area is 167 Å². The summed E-state index contributed by atoms with van der Waals surface area (Å²) in [6, 6.07) is 18.3. The predicted molar refractivity (Wildman–Crippen MR) is 109 cm³/mol. The van der Waals surface area contributed by atoms with E-state index in [0.717, 1.165) is 37.6 Å². The Morgan fingerprint density at radius 1 is 0.964 bits per heavy atom. The Balaban J connectivity index is 1.29. The molecule has 150 valence electrons. The van der Waals surface area contributed by atoms with Gasteiger partial charge >= 0.3 is 0 Å². The van der Waals surface area contributed by atoms with Gasteiger partial charge in [-0.3, -0.25) is 0 Å². The quantitative estimate of drug-likeness (QED) is 0.675. The summed E-state index contributed by atoms with van der Waals surface area (Å²) in [5.41, 5.74) is 1.31. The molecule has 2 aliphatic rings. The van der Waals surface area contributed by atoms with Crippen LogP contribution in [0, 0.1) is 5.92 Å². The third-order valence-electron chi connectivity index (χ3n) is 5.70. The third kappa shape index (κ3) is 4.68. The number of ether oxygens (including phenoxy) is 4. The van der Waals surface area contributed by atoms with Gasteiger partial charge in [0.25, 0.3) is 0 Å². The van der Waals surface area contributed by atoms with Crippen LogP contribution in [0.25, 0.3) is 0 Å². The molecule has 4 nitrogen and oxygen atoms in total. The van der Waals surface area contributed by atoms with Crippen molar-refractivity contribution in [3.05, 3.63) is 60.2 Å². The van der Waals surface area contributed by atoms with Crippen molar-refractivity contribution in [2.75, 3.05) is 19.8 Å². The minimum absolute atomic E-state index is 0.0131. The molecular formula is C24H30O4. The van der Waals surface area contributed by atoms with Gasteiger partial charge in [-0.25, -0.2) is 0 Å². The van der Waals surface area contributed by atoms with Gasteiger partial charge in [0.2, 0.25) is 0 Å². The van der Waals surface area contributed by atoms with Gasteiger partial charge in [-0.05, 0) is 56.0 Å². The molecule has 0 radical (unpaired) electrons. The van der Waals surface area contributed by atoms with Crippen LogP contribution < -0.4 is 9.47 Å². The van der Waals surface area contributed by atoms with Crippen LogP contribution >= 0.6 is 0 Å². The Morgan fingerprint density at radius 3 is 2.46 bits per heavy atom. The maximum absolute atomic E-state index is 6.04. The molecule has 1 aliphatic carbocycles. The summed E-state index contributed by atoms with van der Waals surface area (Å²) in [6.45, 7) is 3.99. The van der Waals surface area contributed by atoms with Gasteiger partial charge in [-0.15, -0.1) is 0 Å². The molecule has 0 bridgehead atoms. The highest BCUT2D eigenvalue weighted by molar-refractivity contribution is 5.28. The normalized spacial score (nSPS) is 22.1. The average molecular weight is 382 g/mol. The molecule has 4 rings (SSSR count). The van der Waals surface area contributed by atoms with Gasteiger partial charge in [0.05, 0.1) is 13.2 Å². The molecular weight excluding hydrogens is 352 g/mol. The maximum Gasteiger partial charge on any atom is 0.171 e. The van der Waals surface area contributed by atoms with Crippen molar-refractivity contribution in [2.45, 2.75) is 50.9 Å². The second-order valence-corrected chi connectivity index (χ2v) is 7.85. The lowest BCUT2D eigenvalue weighted by molar-refractivity contribution is -0.212. The largest absolute Gasteiger partial charge is 0.490 e. The van der Waals surface area contributed by atoms with Crippen molar-refractivity contribution in [3.8, 4) is 11.5 Å². The first-order chi connectivity index (χ1) is 13.7. The van der Waals surface area contributed by atoms with Crippen LogP contribution in [0.15, 0.2) is 54.6 Å². The predicted octanol–water partition coefficient (Wildman–Crippen LogP) is 5.01. The van der Waals surface area contributed by atoms with E-state index in [1.54, 1.807) is 0 Å². The van der Waals surface area contributed by atoms with Crippen molar-refractivity contribution in [1.82, 2.24) is 0 Å². The monoisotopic (exact) mass is 382 g/mol. The lowest BCUT2D eigenvalue weighted by Crippen LogP contribution is -2.42. The molecule has 1 aliphatic heterocycles. The van der Waals surface area contributed by atoms with Crippen molar-refractivity contribution in [2.24, 2.45) is 5.92 Å². The van der Waals surface area contributed by atoms with Gasteiger partial charge in [0, 0.05) is 12.3 Å². The SMILES string of the molecule is C[C@H](COc1ccc(C[C@H]2CCCCC23OCCO3)cc1)Oc1ccccc1. The second kappa shape index (κ2) is 8.97. The van der Waals surface area contributed by atoms with E-state index in [-0.39, 0.29) is 11.9 Å². The first-order valence-electron chi connectivity index (χ1n) is 10.4. The number of rotatable bonds is 7. The summed E-state index contributed by atoms with van der Waals surface area (Å²) < 4.78 is 23.9. The lowest BCUT2D eigenvalue weighted by atomic mass is 9.79. The minimum Gasteiger partial charge on any atom is -0.490 e. The fourth-order valence-corrected chi connectivity index (χ4v) is 4.28. The summed E-state index contributed by atoms with van der Waals surface area (Å²) in [7, 11) is 0. The topological polar surface area (TPSA) is 36.9 Å². The van der Waals surface area contributed by atoms with Gasteiger partial charge in [0.15, 0.2) is 5.79 Å². The van der Waals surface area contributed by atoms with Crippen LogP contribution in [0.3, 0.4) is 0 Å². The van der Waals surface area contributed by atoms with E-state index in [2.05, 4.69) is 24.3 Å². The zero-order chi connectivity index (χ0) is 19.2. The summed E-state index contributed by atoms with van der Waals surface area (Å²) in [6.07, 6.45) is 5.64. The van der Waals surface area contributed by atoms with Crippen LogP contribution in [0.4, 0.5) is 0 Å². The standard InChI is InChI=1S/C24H30O4/c1-19(28-23-8-3-2-4-9-23)18-25-22-12-10-20(11-13-22)17-21-7-5-6-14-24(21)26-15-16-27-24/h2-4,8-13,19,21H,5-7,14-18H2,1H3/t19-,21-/m1/s1. The van der Waals surface area contributed by atoms with Gasteiger partial charge in [-0.1, -0.05) is 36.8 Å². The molecule has 2 aromatic carbocycles. The van der Waals surface area contributed by atoms with E-state index in [9.17, 15) is 0 Å². The first kappa shape index (κ1) is 19.3. The third-order valence-corrected chi connectivity index (χ3v) is 5.70. The fourth-order valence-electron chi connectivity index (χ4n) is 4.28. The molecule has 1 saturated carbocycles. The first-order valence-corrected chi connectivity index (χ1v) is 10.4. The number of benzene rings is 2. The zero-order valence-electron chi connectivity index (χ0n) is 16.6. The van der Waals surface area contributed by atoms with Crippen LogP contribution in [-0.4, -0.2) is 31.7 Å². The van der Waals surface area contributed by atoms with E-state index in [0.29, 0.717) is 12.5 Å². The van der Waals surface area contributed by atoms with Crippen molar-refractivity contribution in [3.63, 3.8) is 0 Å². The van der Waals surface area contributed by atoms with Gasteiger partial charge in [-0.2, -0.15) is 0 Å². The van der Waals surface area contributed by atoms with E-state index in [1.165, 1.54) is 24.8 Å². The van der Waals surface area contributed by atoms with Crippen molar-refractivity contribution in [1.29, 1.82) is 0 Å². The van der Waals surface area contributed by atoms with E-state index in [4.69, 9.17) is 18.9 Å². The maximum atomic E-state index is 6.04. The zero-order valence-corrected chi connectivity index (χ0v) is 16.6. The van der Waals surface area contributed by atoms with E-state index in [1.807, 2.05) is 37.3 Å². The molecule has 2 aromatic rings. The molecule has 0 amide bonds. The number of para-hydroxylation sites is 1. The highest BCUT2D eigenvalue weighted by Crippen LogP contribution is 2.42. The average Bonchev–Trinajstić information content (AvgIpc) is 3.19. The smallest absolute Gasteiger partial charge is 0.171 e. The molecule has 1 saturated heterocycles. The van der Waals surface area contributed by atoms with Crippen LogP contribution in [0.1, 0.15) is 38.2 Å². The molecule has 2 atom stereocenters. The van der Waals surface area contributed by atoms with Crippen LogP contribution in [-0.2, 0) is 15.9 Å². The highest BCUT2D eigenvalue weighted by Gasteiger charge is 2.45. The Bertz CT molecular complexity index is 722. The summed E-state index contributed by atoms with van der Waals surface area (Å²) in [5.74, 6) is 1.85. The second-order valence-electron chi connectivity index (χ2n) is 7.85. The fraction of sp³-hybridized carbons (Fsp3) is 0.500. The lowest BCUT2D eigenvalue weighted by Gasteiger charge is -2.39. The molecule has 1 spiro atoms. The Kier molecular flexibility index (Phi) is 6.18. The minimum atomic E-state index is -0.336. The Morgan fingerprint density at radius 2 is 1.71 bits per heavy atom. The molecule has 1 heterocycles. The molecule has 0 N–H and O–H groups in total. The van der Waals surface area contributed by atoms with Gasteiger partial charge in [0.1, 0.15) is 24.2 Å². The molecule has 0 aromatic heterocycles. The summed E-state index contributed by atoms with van der Waals surface area (Å²) in [4.78, 5) is 0. The molecule has 28 heavy (non-hydrogen) atoms. The van der Waals surface area contributed by atoms with Crippen LogP contribution in [0.2, 0.25) is 0 Å². The highest BCUT2D eigenvalue weighted by atomic mass is 16.7. The summed E-state index contributed by atoms with van der Waals surface area (Å²) >= 11 is 0. The van der Waals surface area contributed by atoms with E-state index >= 15 is 0 Å². The van der Waals surface area contributed by atoms with E-state index < -0.39 is 0 Å². The Hall–Kier alpha value is -2.04. The van der Waals surface area contributed by atoms with Crippen LogP contribution in [0.5, 0.6) is 11.5 Å². The molecule has 2 fully saturated rings. The number of hydrogen-bond donors (Lipinski definition) is 0.